The number of nitrogens with zero attached hydrogens (tertiary/aromatic N) is 1. The van der Waals surface area contributed by atoms with Crippen LogP contribution in [0.5, 0.6) is 0 Å². The zero-order valence-electron chi connectivity index (χ0n) is 36.8. The van der Waals surface area contributed by atoms with Crippen molar-refractivity contribution in [1.82, 2.24) is 15.5 Å². The van der Waals surface area contributed by atoms with E-state index in [-0.39, 0.29) is 43.9 Å². The molecule has 330 valence electrons. The first-order chi connectivity index (χ1) is 25.9. The average Bonchev–Trinajstić information content (AvgIpc) is 3.12. The Bertz CT molecular complexity index is 1230. The van der Waals surface area contributed by atoms with Crippen molar-refractivity contribution in [1.29, 1.82) is 0 Å². The second-order valence-corrected chi connectivity index (χ2v) is 18.2. The van der Waals surface area contributed by atoms with E-state index >= 15 is 0 Å². The zero-order valence-corrected chi connectivity index (χ0v) is 36.8. The first-order valence-corrected chi connectivity index (χ1v) is 20.9. The van der Waals surface area contributed by atoms with Crippen LogP contribution in [0.4, 0.5) is 0 Å². The summed E-state index contributed by atoms with van der Waals surface area (Å²) in [5, 5.41) is 65.4. The fourth-order valence-corrected chi connectivity index (χ4v) is 9.21. The number of esters is 1. The average molecular weight is 806 g/mol. The summed E-state index contributed by atoms with van der Waals surface area (Å²) in [6.45, 7) is 20.9. The minimum atomic E-state index is -1.81. The van der Waals surface area contributed by atoms with Gasteiger partial charge in [-0.15, -0.1) is 0 Å². The molecule has 0 bridgehead atoms. The Kier molecular flexibility index (Phi) is 17.6. The lowest BCUT2D eigenvalue weighted by molar-refractivity contribution is -0.336. The summed E-state index contributed by atoms with van der Waals surface area (Å²) in [7, 11) is 5.31. The number of cyclic esters (lactones) is 1. The number of carbonyl (C=O) groups is 1. The Morgan fingerprint density at radius 2 is 1.70 bits per heavy atom. The van der Waals surface area contributed by atoms with Crippen LogP contribution in [-0.4, -0.2) is 167 Å². The standard InChI is InChI=1S/C41H79N3O12/c1-15-17-42-22-41(50)28(8)53-31(20-39(41,10)51-14)54-33-25(5)34(56-37-32(46)29(44(12)13)18-24(4)52-37)38(9,48)19-23(3)21-43-27(7)35(55-36(47)26(33)6)40(11,49)30(45)16-2/h23-35,37,42-43,45-46,48-50H,15-22H2,1-14H3/t23-,24?,25+,26-,27-,28?,29+,30?,31+,32-,33+,34-,35?,37+,38+,39-,40-,41+/m1/s1. The van der Waals surface area contributed by atoms with Crippen LogP contribution in [0.15, 0.2) is 0 Å². The molecule has 3 heterocycles. The van der Waals surface area contributed by atoms with Crippen molar-refractivity contribution in [2.45, 2.75) is 198 Å². The fraction of sp³-hybridized carbons (Fsp3) is 0.976. The van der Waals surface area contributed by atoms with Crippen LogP contribution in [-0.2, 0) is 33.2 Å². The molecule has 0 aromatic rings. The van der Waals surface area contributed by atoms with E-state index < -0.39 is 95.5 Å². The molecule has 56 heavy (non-hydrogen) atoms. The predicted molar refractivity (Wildman–Crippen MR) is 212 cm³/mol. The highest BCUT2D eigenvalue weighted by Crippen LogP contribution is 2.43. The first-order valence-electron chi connectivity index (χ1n) is 20.9. The van der Waals surface area contributed by atoms with Gasteiger partial charge in [-0.25, -0.2) is 0 Å². The number of rotatable bonds is 13. The predicted octanol–water partition coefficient (Wildman–Crippen LogP) is 1.93. The van der Waals surface area contributed by atoms with Gasteiger partial charge in [-0.05, 0) is 107 Å². The lowest BCUT2D eigenvalue weighted by Gasteiger charge is -2.53. The molecule has 0 amide bonds. The van der Waals surface area contributed by atoms with Crippen molar-refractivity contribution in [2.24, 2.45) is 17.8 Å². The Balaban J connectivity index is 2.16. The molecule has 0 aliphatic carbocycles. The second kappa shape index (κ2) is 20.0. The highest BCUT2D eigenvalue weighted by atomic mass is 16.7. The molecule has 3 rings (SSSR count). The summed E-state index contributed by atoms with van der Waals surface area (Å²) in [5.41, 5.74) is -5.93. The fourth-order valence-electron chi connectivity index (χ4n) is 9.21. The van der Waals surface area contributed by atoms with Gasteiger partial charge in [0.15, 0.2) is 12.6 Å². The molecule has 0 radical (unpaired) electrons. The van der Waals surface area contributed by atoms with Crippen molar-refractivity contribution in [3.8, 4) is 0 Å². The maximum atomic E-state index is 14.5. The SMILES string of the molecule is CCCNC[C@]1(O)C(C)O[C@@H](O[C@H]2[C@H](C)[C@@H](O[C@@H]3OC(C)C[C@H](N(C)C)[C@H]3O)[C@@](C)(O)C[C@@H](C)CN[C@H](C)C([C@](C)(O)C(O)CC)OC(=O)[C@@H]2C)C[C@@]1(C)OC. The number of nitrogens with one attached hydrogen (secondary N) is 2. The first kappa shape index (κ1) is 49.3. The van der Waals surface area contributed by atoms with Crippen LogP contribution >= 0.6 is 0 Å². The largest absolute Gasteiger partial charge is 0.457 e. The van der Waals surface area contributed by atoms with Crippen molar-refractivity contribution in [3.63, 3.8) is 0 Å². The van der Waals surface area contributed by atoms with E-state index in [0.717, 1.165) is 6.42 Å². The topological polar surface area (TPSA) is 201 Å². The Labute approximate surface area is 336 Å². The molecule has 15 nitrogen and oxygen atoms in total. The number of carbonyl (C=O) groups excluding carboxylic acids is 1. The van der Waals surface area contributed by atoms with Gasteiger partial charge in [0.1, 0.15) is 29.0 Å². The quantitative estimate of drug-likeness (QED) is 0.105. The van der Waals surface area contributed by atoms with Gasteiger partial charge in [0.05, 0.1) is 42.0 Å². The molecule has 18 atom stereocenters. The van der Waals surface area contributed by atoms with Crippen LogP contribution in [0.3, 0.4) is 0 Å². The van der Waals surface area contributed by atoms with E-state index in [9.17, 15) is 30.3 Å². The third-order valence-corrected chi connectivity index (χ3v) is 13.0. The van der Waals surface area contributed by atoms with E-state index in [1.165, 1.54) is 14.0 Å². The summed E-state index contributed by atoms with van der Waals surface area (Å²) in [4.78, 5) is 16.4. The zero-order chi connectivity index (χ0) is 42.6. The number of likely N-dealkylation sites (N-methyl/N-ethyl adjacent to an activating group) is 1. The van der Waals surface area contributed by atoms with Gasteiger partial charge in [0.2, 0.25) is 0 Å². The monoisotopic (exact) mass is 806 g/mol. The molecule has 7 N–H and O–H groups in total. The van der Waals surface area contributed by atoms with Gasteiger partial charge < -0.3 is 69.5 Å². The second-order valence-electron chi connectivity index (χ2n) is 18.2. The number of aliphatic hydroxyl groups is 5. The van der Waals surface area contributed by atoms with Crippen LogP contribution in [0.25, 0.3) is 0 Å². The van der Waals surface area contributed by atoms with Crippen LogP contribution < -0.4 is 10.6 Å². The van der Waals surface area contributed by atoms with Gasteiger partial charge in [0.25, 0.3) is 0 Å². The summed E-state index contributed by atoms with van der Waals surface area (Å²) in [5.74, 6) is -2.67. The van der Waals surface area contributed by atoms with Crippen LogP contribution in [0, 0.1) is 17.8 Å². The van der Waals surface area contributed by atoms with Crippen LogP contribution in [0.2, 0.25) is 0 Å². The molecular formula is C41H79N3O12. The van der Waals surface area contributed by atoms with Crippen molar-refractivity contribution in [2.75, 3.05) is 40.8 Å². The third-order valence-electron chi connectivity index (χ3n) is 13.0. The number of ether oxygens (including phenoxy) is 6. The normalized spacial score (nSPS) is 45.2. The van der Waals surface area contributed by atoms with Crippen molar-refractivity contribution >= 4 is 5.97 Å². The molecule has 0 aromatic heterocycles. The van der Waals surface area contributed by atoms with Gasteiger partial charge >= 0.3 is 5.97 Å². The molecule has 0 aromatic carbocycles. The molecule has 3 fully saturated rings. The molecular weight excluding hydrogens is 726 g/mol. The molecule has 3 aliphatic heterocycles. The lowest BCUT2D eigenvalue weighted by Crippen LogP contribution is -2.70. The highest BCUT2D eigenvalue weighted by Gasteiger charge is 2.58. The van der Waals surface area contributed by atoms with E-state index in [4.69, 9.17) is 28.4 Å². The Morgan fingerprint density at radius 3 is 2.27 bits per heavy atom. The summed E-state index contributed by atoms with van der Waals surface area (Å²) < 4.78 is 38.4. The number of hydrogen-bond donors (Lipinski definition) is 7. The molecule has 0 spiro atoms. The molecule has 15 heteroatoms. The van der Waals surface area contributed by atoms with Gasteiger partial charge in [-0.1, -0.05) is 27.7 Å². The summed E-state index contributed by atoms with van der Waals surface area (Å²) in [6.07, 6.45) is -6.62. The molecule has 3 aliphatic rings. The molecule has 4 unspecified atom stereocenters. The minimum Gasteiger partial charge on any atom is -0.457 e. The van der Waals surface area contributed by atoms with E-state index in [2.05, 4.69) is 10.6 Å². The van der Waals surface area contributed by atoms with E-state index in [1.807, 2.05) is 53.6 Å². The Hall–Kier alpha value is -1.05. The Morgan fingerprint density at radius 1 is 1.05 bits per heavy atom. The van der Waals surface area contributed by atoms with Crippen molar-refractivity contribution in [3.05, 3.63) is 0 Å². The maximum absolute atomic E-state index is 14.5. The number of aliphatic hydroxyl groups excluding tert-OH is 2. The highest BCUT2D eigenvalue weighted by molar-refractivity contribution is 5.73. The molecule has 3 saturated heterocycles. The summed E-state index contributed by atoms with van der Waals surface area (Å²) >= 11 is 0. The molecule has 0 saturated carbocycles. The summed E-state index contributed by atoms with van der Waals surface area (Å²) in [6, 6.07) is -0.875. The lowest BCUT2D eigenvalue weighted by atomic mass is 9.75. The third kappa shape index (κ3) is 11.0. The van der Waals surface area contributed by atoms with Gasteiger partial charge in [-0.2, -0.15) is 0 Å². The van der Waals surface area contributed by atoms with Gasteiger partial charge in [-0.3, -0.25) is 4.79 Å². The van der Waals surface area contributed by atoms with E-state index in [1.54, 1.807) is 34.6 Å². The number of hydrogen-bond acceptors (Lipinski definition) is 15. The van der Waals surface area contributed by atoms with Crippen LogP contribution in [0.1, 0.15) is 108 Å². The number of methoxy groups -OCH3 is 1. The minimum absolute atomic E-state index is 0.0928. The smallest absolute Gasteiger partial charge is 0.311 e. The van der Waals surface area contributed by atoms with Crippen molar-refractivity contribution < 1.29 is 58.7 Å². The maximum Gasteiger partial charge on any atom is 0.311 e. The van der Waals surface area contributed by atoms with Gasteiger partial charge in [0, 0.05) is 38.1 Å². The van der Waals surface area contributed by atoms with E-state index in [0.29, 0.717) is 19.5 Å².